The van der Waals surface area contributed by atoms with Gasteiger partial charge in [0.15, 0.2) is 0 Å². The Morgan fingerprint density at radius 2 is 1.94 bits per heavy atom. The van der Waals surface area contributed by atoms with Gasteiger partial charge < -0.3 is 10.6 Å². The Labute approximate surface area is 110 Å². The monoisotopic (exact) mass is 253 g/mol. The van der Waals surface area contributed by atoms with Gasteiger partial charge in [0.1, 0.15) is 0 Å². The van der Waals surface area contributed by atoms with Crippen molar-refractivity contribution in [2.45, 2.75) is 64.1 Å². The van der Waals surface area contributed by atoms with E-state index in [1.54, 1.807) is 6.92 Å². The van der Waals surface area contributed by atoms with E-state index in [4.69, 9.17) is 0 Å². The predicted molar refractivity (Wildman–Crippen MR) is 73.5 cm³/mol. The maximum Gasteiger partial charge on any atom is 0.216 e. The molecule has 0 spiro atoms. The van der Waals surface area contributed by atoms with Gasteiger partial charge in [0, 0.05) is 38.1 Å². The molecule has 4 nitrogen and oxygen atoms in total. The van der Waals surface area contributed by atoms with Crippen molar-refractivity contribution >= 4 is 5.91 Å². The van der Waals surface area contributed by atoms with E-state index in [1.807, 2.05) is 0 Å². The zero-order chi connectivity index (χ0) is 13.0. The van der Waals surface area contributed by atoms with Gasteiger partial charge in [-0.1, -0.05) is 6.92 Å². The fourth-order valence-corrected chi connectivity index (χ4v) is 3.47. The third-order valence-corrected chi connectivity index (χ3v) is 4.25. The van der Waals surface area contributed by atoms with Gasteiger partial charge in [0.05, 0.1) is 0 Å². The quantitative estimate of drug-likeness (QED) is 0.745. The number of hydrogen-bond acceptors (Lipinski definition) is 3. The fraction of sp³-hybridized carbons (Fsp3) is 0.929. The second-order valence-electron chi connectivity index (χ2n) is 5.78. The van der Waals surface area contributed by atoms with Crippen LogP contribution in [-0.2, 0) is 4.79 Å². The van der Waals surface area contributed by atoms with Gasteiger partial charge in [-0.05, 0) is 38.6 Å². The Morgan fingerprint density at radius 1 is 1.28 bits per heavy atom. The molecule has 2 atom stereocenters. The molecule has 2 aliphatic heterocycles. The Morgan fingerprint density at radius 3 is 2.50 bits per heavy atom. The molecule has 0 aromatic rings. The van der Waals surface area contributed by atoms with Crippen LogP contribution in [0.2, 0.25) is 0 Å². The molecule has 2 rings (SSSR count). The minimum Gasteiger partial charge on any atom is -0.355 e. The summed E-state index contributed by atoms with van der Waals surface area (Å²) in [7, 11) is 0. The normalized spacial score (nSPS) is 30.7. The van der Waals surface area contributed by atoms with Crippen molar-refractivity contribution in [1.82, 2.24) is 15.5 Å². The van der Waals surface area contributed by atoms with Gasteiger partial charge in [-0.15, -0.1) is 0 Å². The summed E-state index contributed by atoms with van der Waals surface area (Å²) in [5, 5.41) is 6.61. The van der Waals surface area contributed by atoms with Crippen molar-refractivity contribution in [1.29, 1.82) is 0 Å². The van der Waals surface area contributed by atoms with E-state index in [0.29, 0.717) is 0 Å². The highest BCUT2D eigenvalue weighted by Gasteiger charge is 2.35. The average Bonchev–Trinajstić information content (AvgIpc) is 2.67. The Bertz CT molecular complexity index is 270. The average molecular weight is 253 g/mol. The maximum absolute atomic E-state index is 10.9. The van der Waals surface area contributed by atoms with Crippen molar-refractivity contribution in [2.75, 3.05) is 19.6 Å². The van der Waals surface area contributed by atoms with E-state index in [0.717, 1.165) is 37.8 Å². The number of piperidine rings is 1. The lowest BCUT2D eigenvalue weighted by Gasteiger charge is -2.37. The zero-order valence-corrected chi connectivity index (χ0v) is 11.7. The molecular weight excluding hydrogens is 226 g/mol. The molecule has 0 saturated carbocycles. The Balaban J connectivity index is 1.82. The van der Waals surface area contributed by atoms with Crippen molar-refractivity contribution in [2.24, 2.45) is 0 Å². The van der Waals surface area contributed by atoms with Crippen LogP contribution in [0.3, 0.4) is 0 Å². The van der Waals surface area contributed by atoms with Crippen LogP contribution in [-0.4, -0.2) is 48.6 Å². The van der Waals surface area contributed by atoms with E-state index in [1.165, 1.54) is 32.1 Å². The van der Waals surface area contributed by atoms with E-state index in [9.17, 15) is 4.79 Å². The van der Waals surface area contributed by atoms with Gasteiger partial charge in [-0.3, -0.25) is 9.69 Å². The van der Waals surface area contributed by atoms with Crippen LogP contribution in [0.15, 0.2) is 0 Å². The predicted octanol–water partition coefficient (Wildman–Crippen LogP) is 1.12. The summed E-state index contributed by atoms with van der Waals surface area (Å²) in [6, 6.07) is 2.21. The molecule has 104 valence electrons. The van der Waals surface area contributed by atoms with Crippen LogP contribution >= 0.6 is 0 Å². The minimum atomic E-state index is 0.0804. The highest BCUT2D eigenvalue weighted by molar-refractivity contribution is 5.72. The van der Waals surface area contributed by atoms with Crippen LogP contribution in [0.4, 0.5) is 0 Å². The minimum absolute atomic E-state index is 0.0804. The standard InChI is InChI=1S/C14H27N3O/c1-3-7-17(8-6-15-11(2)18)14-9-12-4-5-13(10-14)16-12/h12-14,16H,3-10H2,1-2H3,(H,15,18). The molecule has 4 heteroatoms. The Kier molecular flexibility index (Phi) is 5.01. The molecule has 0 aromatic heterocycles. The summed E-state index contributed by atoms with van der Waals surface area (Å²) in [5.74, 6) is 0.0804. The number of rotatable bonds is 6. The molecule has 2 aliphatic rings. The first-order valence-electron chi connectivity index (χ1n) is 7.43. The SMILES string of the molecule is CCCN(CCNC(C)=O)C1CC2CCC(C1)N2. The van der Waals surface area contributed by atoms with Crippen LogP contribution in [0.5, 0.6) is 0 Å². The third kappa shape index (κ3) is 3.69. The summed E-state index contributed by atoms with van der Waals surface area (Å²) in [5.41, 5.74) is 0. The molecular formula is C14H27N3O. The zero-order valence-electron chi connectivity index (χ0n) is 11.7. The van der Waals surface area contributed by atoms with Gasteiger partial charge in [0.2, 0.25) is 5.91 Å². The van der Waals surface area contributed by atoms with Crippen molar-refractivity contribution in [3.63, 3.8) is 0 Å². The van der Waals surface area contributed by atoms with Gasteiger partial charge >= 0.3 is 0 Å². The molecule has 2 N–H and O–H groups in total. The summed E-state index contributed by atoms with van der Waals surface area (Å²) >= 11 is 0. The number of nitrogens with one attached hydrogen (secondary N) is 2. The number of hydrogen-bond donors (Lipinski definition) is 2. The lowest BCUT2D eigenvalue weighted by atomic mass is 9.98. The van der Waals surface area contributed by atoms with E-state index in [2.05, 4.69) is 22.5 Å². The largest absolute Gasteiger partial charge is 0.355 e. The summed E-state index contributed by atoms with van der Waals surface area (Å²) < 4.78 is 0. The summed E-state index contributed by atoms with van der Waals surface area (Å²) in [4.78, 5) is 13.5. The van der Waals surface area contributed by atoms with Crippen molar-refractivity contribution in [3.05, 3.63) is 0 Å². The summed E-state index contributed by atoms with van der Waals surface area (Å²) in [6.45, 7) is 6.77. The molecule has 0 aromatic carbocycles. The molecule has 2 bridgehead atoms. The maximum atomic E-state index is 10.9. The van der Waals surface area contributed by atoms with Crippen molar-refractivity contribution < 1.29 is 4.79 Å². The molecule has 18 heavy (non-hydrogen) atoms. The second kappa shape index (κ2) is 6.53. The topological polar surface area (TPSA) is 44.4 Å². The van der Waals surface area contributed by atoms with Gasteiger partial charge in [-0.2, -0.15) is 0 Å². The van der Waals surface area contributed by atoms with E-state index < -0.39 is 0 Å². The number of carbonyl (C=O) groups is 1. The molecule has 0 aliphatic carbocycles. The lowest BCUT2D eigenvalue weighted by molar-refractivity contribution is -0.119. The first kappa shape index (κ1) is 13.8. The number of carbonyl (C=O) groups excluding carboxylic acids is 1. The van der Waals surface area contributed by atoms with Crippen LogP contribution in [0, 0.1) is 0 Å². The van der Waals surface area contributed by atoms with E-state index >= 15 is 0 Å². The first-order chi connectivity index (χ1) is 8.69. The molecule has 2 unspecified atom stereocenters. The highest BCUT2D eigenvalue weighted by Crippen LogP contribution is 2.29. The van der Waals surface area contributed by atoms with Crippen molar-refractivity contribution in [3.8, 4) is 0 Å². The van der Waals surface area contributed by atoms with Gasteiger partial charge in [-0.25, -0.2) is 0 Å². The van der Waals surface area contributed by atoms with Crippen LogP contribution in [0.25, 0.3) is 0 Å². The number of fused-ring (bicyclic) bond motifs is 2. The molecule has 2 heterocycles. The first-order valence-corrected chi connectivity index (χ1v) is 7.43. The molecule has 2 fully saturated rings. The third-order valence-electron chi connectivity index (χ3n) is 4.25. The second-order valence-corrected chi connectivity index (χ2v) is 5.78. The highest BCUT2D eigenvalue weighted by atomic mass is 16.1. The Hall–Kier alpha value is -0.610. The fourth-order valence-electron chi connectivity index (χ4n) is 3.47. The molecule has 0 radical (unpaired) electrons. The number of nitrogens with zero attached hydrogens (tertiary/aromatic N) is 1. The molecule has 1 amide bonds. The molecule has 2 saturated heterocycles. The smallest absolute Gasteiger partial charge is 0.216 e. The number of amides is 1. The van der Waals surface area contributed by atoms with Crippen LogP contribution in [0.1, 0.15) is 46.0 Å². The van der Waals surface area contributed by atoms with Crippen LogP contribution < -0.4 is 10.6 Å². The lowest BCUT2D eigenvalue weighted by Crippen LogP contribution is -2.50. The summed E-state index contributed by atoms with van der Waals surface area (Å²) in [6.07, 6.45) is 6.48. The van der Waals surface area contributed by atoms with E-state index in [-0.39, 0.29) is 5.91 Å². The van der Waals surface area contributed by atoms with Gasteiger partial charge in [0.25, 0.3) is 0 Å².